The Hall–Kier alpha value is -7.31. The minimum absolute atomic E-state index is 0.000914. The van der Waals surface area contributed by atoms with Gasteiger partial charge in [0.25, 0.3) is 0 Å². The zero-order valence-electron chi connectivity index (χ0n) is 59.7. The summed E-state index contributed by atoms with van der Waals surface area (Å²) >= 11 is 6.09. The molecule has 0 bridgehead atoms. The standard InChI is InChI=1S/C68H101ClF6N12O13/c1-14-41(6)54-63(97)80(9)42(7)58(92)87-32-26-48(87)61(95)83(12)51(37-100-38-67(70,71)72)60(94)79(8)36-52(88)76-46(25-23-43-22-24-44(45(69)34-43)68(73,74)75)59(93)86-31-20-21-47(86)57(91)78-66(27-16-17-28-66)65(99)84(13)55(40(4)5)64(98)82(11)50(62(96)85-29-18-15-19-30-85)35-53(89)81(10)49(33-39(2)3)56(90)77-54/h22,24,34,39-42,46-51,54-55H,14-21,23,25-33,35-38H2,1-13H3,(H,76,88)(H,77,90)(H,78,91)/t41-,42-,46-,47-,48-,49-,50-,51-,54-,55-/m0/s1. The third-order valence-electron chi connectivity index (χ3n) is 20.4. The Bertz CT molecular complexity index is 3170. The molecule has 0 aromatic heterocycles. The molecule has 1 saturated carbocycles. The van der Waals surface area contributed by atoms with Crippen molar-refractivity contribution in [2.75, 3.05) is 88.2 Å². The van der Waals surface area contributed by atoms with Crippen molar-refractivity contribution in [3.63, 3.8) is 0 Å². The second-order valence-electron chi connectivity index (χ2n) is 28.4. The monoisotopic (exact) mass is 1440 g/mol. The van der Waals surface area contributed by atoms with E-state index in [4.69, 9.17) is 16.3 Å². The zero-order valence-corrected chi connectivity index (χ0v) is 60.5. The number of carbonyl (C=O) groups excluding carboxylic acids is 12. The first kappa shape index (κ1) is 81.7. The number of nitrogens with one attached hydrogen (secondary N) is 3. The van der Waals surface area contributed by atoms with Gasteiger partial charge in [0.2, 0.25) is 70.9 Å². The molecule has 4 aliphatic heterocycles. The summed E-state index contributed by atoms with van der Waals surface area (Å²) in [6.07, 6.45) is -6.98. The molecule has 4 heterocycles. The summed E-state index contributed by atoms with van der Waals surface area (Å²) in [5, 5.41) is 7.72. The number of ether oxygens (including phenoxy) is 1. The number of likely N-dealkylation sites (tertiary alicyclic amines) is 1. The van der Waals surface area contributed by atoms with Crippen LogP contribution in [0.3, 0.4) is 0 Å². The number of hydrogen-bond donors (Lipinski definition) is 3. The quantitative estimate of drug-likeness (QED) is 0.241. The first-order valence-corrected chi connectivity index (χ1v) is 35.0. The van der Waals surface area contributed by atoms with Gasteiger partial charge in [0.15, 0.2) is 0 Å². The van der Waals surface area contributed by atoms with Crippen molar-refractivity contribution in [3.05, 3.63) is 34.3 Å². The molecular weight excluding hydrogens is 1340 g/mol. The maximum Gasteiger partial charge on any atom is 0.417 e. The topological polar surface area (TPSA) is 279 Å². The Morgan fingerprint density at radius 1 is 0.670 bits per heavy atom. The third kappa shape index (κ3) is 19.6. The van der Waals surface area contributed by atoms with Gasteiger partial charge in [-0.3, -0.25) is 57.5 Å². The summed E-state index contributed by atoms with van der Waals surface area (Å²) in [4.78, 5) is 188. The average Bonchev–Trinajstić information content (AvgIpc) is 1.47. The fourth-order valence-electron chi connectivity index (χ4n) is 14.0. The molecule has 1 aromatic rings. The van der Waals surface area contributed by atoms with Crippen molar-refractivity contribution in [3.8, 4) is 0 Å². The average molecular weight is 1440 g/mol. The van der Waals surface area contributed by atoms with Crippen LogP contribution in [0.1, 0.15) is 149 Å². The number of nitrogens with zero attached hydrogens (tertiary/aromatic N) is 9. The summed E-state index contributed by atoms with van der Waals surface area (Å²) in [7, 11) is 7.65. The summed E-state index contributed by atoms with van der Waals surface area (Å²) in [5.41, 5.74) is -2.59. The van der Waals surface area contributed by atoms with Crippen molar-refractivity contribution < 1.29 is 88.6 Å². The summed E-state index contributed by atoms with van der Waals surface area (Å²) in [6, 6.07) is -9.84. The highest BCUT2D eigenvalue weighted by Gasteiger charge is 2.52. The highest BCUT2D eigenvalue weighted by molar-refractivity contribution is 6.31. The van der Waals surface area contributed by atoms with Crippen molar-refractivity contribution in [2.45, 2.75) is 217 Å². The lowest BCUT2D eigenvalue weighted by atomic mass is 9.91. The fraction of sp³-hybridized carbons (Fsp3) is 0.735. The third-order valence-corrected chi connectivity index (χ3v) is 20.7. The van der Waals surface area contributed by atoms with Crippen molar-refractivity contribution in [1.29, 1.82) is 0 Å². The van der Waals surface area contributed by atoms with Crippen LogP contribution in [-0.4, -0.2) is 269 Å². The van der Waals surface area contributed by atoms with E-state index in [1.807, 2.05) is 13.8 Å². The van der Waals surface area contributed by atoms with Crippen LogP contribution in [0.15, 0.2) is 18.2 Å². The number of piperidine rings is 1. The van der Waals surface area contributed by atoms with E-state index in [0.717, 1.165) is 63.2 Å². The highest BCUT2D eigenvalue weighted by atomic mass is 35.5. The van der Waals surface area contributed by atoms with Crippen molar-refractivity contribution in [2.24, 2.45) is 17.8 Å². The molecule has 10 atom stereocenters. The van der Waals surface area contributed by atoms with E-state index in [0.29, 0.717) is 45.2 Å². The maximum absolute atomic E-state index is 15.4. The van der Waals surface area contributed by atoms with E-state index in [9.17, 15) is 69.5 Å². The molecule has 6 rings (SSSR count). The lowest BCUT2D eigenvalue weighted by Crippen LogP contribution is -2.65. The lowest BCUT2D eigenvalue weighted by Gasteiger charge is -2.45. The molecular formula is C68H101ClF6N12O13. The van der Waals surface area contributed by atoms with Gasteiger partial charge in [0.1, 0.15) is 66.5 Å². The number of halogens is 7. The van der Waals surface area contributed by atoms with Crippen LogP contribution in [0, 0.1) is 17.8 Å². The summed E-state index contributed by atoms with van der Waals surface area (Å²) in [6.45, 7) is 8.57. The summed E-state index contributed by atoms with van der Waals surface area (Å²) in [5.74, 6) is -11.1. The number of aryl methyl sites for hydroxylation is 1. The maximum atomic E-state index is 15.4. The molecule has 12 amide bonds. The van der Waals surface area contributed by atoms with E-state index < -0.39 is 192 Å². The van der Waals surface area contributed by atoms with Crippen LogP contribution in [0.25, 0.3) is 0 Å². The van der Waals surface area contributed by atoms with Crippen LogP contribution in [0.2, 0.25) is 5.02 Å². The van der Waals surface area contributed by atoms with E-state index in [-0.39, 0.29) is 75.9 Å². The predicted octanol–water partition coefficient (Wildman–Crippen LogP) is 4.64. The highest BCUT2D eigenvalue weighted by Crippen LogP contribution is 2.37. The molecule has 1 aromatic carbocycles. The number of carbonyl (C=O) groups is 12. The molecule has 560 valence electrons. The van der Waals surface area contributed by atoms with Gasteiger partial charge in [-0.1, -0.05) is 78.5 Å². The van der Waals surface area contributed by atoms with Crippen LogP contribution >= 0.6 is 11.6 Å². The Balaban J connectivity index is 1.44. The molecule has 5 aliphatic rings. The molecule has 0 unspecified atom stereocenters. The SMILES string of the molecule is CC[C@H](C)[C@@H]1NC(=O)[C@H](CC(C)C)N(C)C(=O)C[C@@H](C(=O)N2CCCCC2)N(C)C(=O)[C@H](C(C)C)N(C)C(=O)C2(CCCC2)NC(=O)[C@@H]2CCCN2C(=O)[C@H](CCc2ccc(C(F)(F)F)c(Cl)c2)NC(=O)CN(C)C(=O)[C@H](COCC(F)(F)F)N(C)C(=O)[C@@H]2CCN2C(=O)[C@H](C)N(C)C1=O. The predicted molar refractivity (Wildman–Crippen MR) is 355 cm³/mol. The van der Waals surface area contributed by atoms with Gasteiger partial charge >= 0.3 is 12.4 Å². The molecule has 1 spiro atoms. The Morgan fingerprint density at radius 3 is 1.86 bits per heavy atom. The largest absolute Gasteiger partial charge is 0.417 e. The van der Waals surface area contributed by atoms with Crippen LogP contribution in [0.5, 0.6) is 0 Å². The van der Waals surface area contributed by atoms with Crippen molar-refractivity contribution in [1.82, 2.24) is 60.0 Å². The van der Waals surface area contributed by atoms with Gasteiger partial charge in [0.05, 0.1) is 30.2 Å². The number of fused-ring (bicyclic) bond motifs is 2. The van der Waals surface area contributed by atoms with E-state index in [1.165, 1.54) is 49.8 Å². The van der Waals surface area contributed by atoms with E-state index in [2.05, 4.69) is 16.0 Å². The summed E-state index contributed by atoms with van der Waals surface area (Å²) < 4.78 is 87.2. The number of alkyl halides is 6. The second kappa shape index (κ2) is 34.6. The number of rotatable bonds is 12. The van der Waals surface area contributed by atoms with Gasteiger partial charge in [-0.05, 0) is 113 Å². The Morgan fingerprint density at radius 2 is 1.30 bits per heavy atom. The number of likely N-dealkylation sites (N-methyl/N-ethyl adjacent to an activating group) is 6. The zero-order chi connectivity index (χ0) is 74.8. The number of benzene rings is 1. The van der Waals surface area contributed by atoms with Gasteiger partial charge < -0.3 is 64.8 Å². The van der Waals surface area contributed by atoms with Crippen LogP contribution in [-0.2, 0) is 74.9 Å². The molecule has 3 N–H and O–H groups in total. The number of amides is 12. The van der Waals surface area contributed by atoms with Crippen molar-refractivity contribution >= 4 is 82.5 Å². The Kier molecular flexibility index (Phi) is 28.2. The van der Waals surface area contributed by atoms with E-state index in [1.54, 1.807) is 32.6 Å². The van der Waals surface area contributed by atoms with Gasteiger partial charge in [0, 0.05) is 68.5 Å². The number of hydrogen-bond acceptors (Lipinski definition) is 13. The molecule has 100 heavy (non-hydrogen) atoms. The molecule has 1 aliphatic carbocycles. The normalized spacial score (nSPS) is 26.9. The smallest absolute Gasteiger partial charge is 0.369 e. The van der Waals surface area contributed by atoms with Crippen LogP contribution in [0.4, 0.5) is 26.3 Å². The fourth-order valence-corrected chi connectivity index (χ4v) is 14.3. The lowest BCUT2D eigenvalue weighted by molar-refractivity contribution is -0.181. The first-order valence-electron chi connectivity index (χ1n) is 34.6. The second-order valence-corrected chi connectivity index (χ2v) is 28.8. The van der Waals surface area contributed by atoms with Gasteiger partial charge in [-0.25, -0.2) is 0 Å². The minimum Gasteiger partial charge on any atom is -0.369 e. The molecule has 32 heteroatoms. The first-order chi connectivity index (χ1) is 46.7. The molecule has 25 nitrogen and oxygen atoms in total. The van der Waals surface area contributed by atoms with E-state index >= 15 is 14.4 Å². The van der Waals surface area contributed by atoms with Gasteiger partial charge in [-0.2, -0.15) is 26.3 Å². The molecule has 0 radical (unpaired) electrons. The van der Waals surface area contributed by atoms with Crippen LogP contribution < -0.4 is 16.0 Å². The van der Waals surface area contributed by atoms with Gasteiger partial charge in [-0.15, -0.1) is 0 Å². The Labute approximate surface area is 586 Å². The molecule has 4 saturated heterocycles. The minimum atomic E-state index is -4.91. The molecule has 5 fully saturated rings.